The molecule has 1 nitrogen and oxygen atoms in total. The molecule has 106 valence electrons. The molecule has 0 unspecified atom stereocenters. The van der Waals surface area contributed by atoms with Gasteiger partial charge in [0.2, 0.25) is 0 Å². The lowest BCUT2D eigenvalue weighted by molar-refractivity contribution is 1.18. The highest BCUT2D eigenvalue weighted by Crippen LogP contribution is 2.68. The van der Waals surface area contributed by atoms with E-state index in [4.69, 9.17) is 4.98 Å². The lowest BCUT2D eigenvalue weighted by Crippen LogP contribution is -2.15. The molecule has 0 aliphatic rings. The molecule has 1 aromatic heterocycles. The number of fused-ring (bicyclic) bond motifs is 1. The summed E-state index contributed by atoms with van der Waals surface area (Å²) in [5.74, 6) is 0. The van der Waals surface area contributed by atoms with Gasteiger partial charge in [0, 0.05) is 5.39 Å². The largest absolute Gasteiger partial charge is 0.251 e. The monoisotopic (exact) mass is 295 g/mol. The summed E-state index contributed by atoms with van der Waals surface area (Å²) in [5.41, 5.74) is 2.40. The van der Waals surface area contributed by atoms with Crippen molar-refractivity contribution in [3.05, 3.63) is 42.1 Å². The number of nitrogens with zero attached hydrogens (tertiary/aromatic N) is 1. The summed E-state index contributed by atoms with van der Waals surface area (Å²) in [4.78, 5) is 4.95. The molecule has 0 aliphatic carbocycles. The second-order valence-electron chi connectivity index (χ2n) is 6.62. The van der Waals surface area contributed by atoms with Gasteiger partial charge in [0.15, 0.2) is 0 Å². The van der Waals surface area contributed by atoms with Crippen molar-refractivity contribution in [2.45, 2.75) is 4.58 Å². The summed E-state index contributed by atoms with van der Waals surface area (Å²) in [7, 11) is -1.34. The molecule has 0 atom stereocenters. The molecule has 0 bridgehead atoms. The van der Waals surface area contributed by atoms with Gasteiger partial charge in [-0.15, -0.1) is 0 Å². The minimum absolute atomic E-state index is 0.601. The average Bonchev–Trinajstić information content (AvgIpc) is 2.25. The molecule has 1 heterocycles. The van der Waals surface area contributed by atoms with Gasteiger partial charge in [-0.05, 0) is 49.7 Å². The smallest absolute Gasteiger partial charge is 0.0706 e. The molecule has 0 saturated heterocycles. The van der Waals surface area contributed by atoms with E-state index in [1.165, 1.54) is 11.1 Å². The maximum Gasteiger partial charge on any atom is 0.0706 e. The minimum Gasteiger partial charge on any atom is -0.251 e. The van der Waals surface area contributed by atoms with Gasteiger partial charge in [0.25, 0.3) is 0 Å². The van der Waals surface area contributed by atoms with E-state index in [9.17, 15) is 0 Å². The Labute approximate surface area is 120 Å². The van der Waals surface area contributed by atoms with Gasteiger partial charge >= 0.3 is 0 Å². The van der Waals surface area contributed by atoms with Gasteiger partial charge in [-0.3, -0.25) is 4.98 Å². The number of pyridine rings is 1. The maximum atomic E-state index is 4.95. The van der Waals surface area contributed by atoms with Gasteiger partial charge < -0.3 is 0 Å². The van der Waals surface area contributed by atoms with Crippen LogP contribution in [0.5, 0.6) is 0 Å². The summed E-state index contributed by atoms with van der Waals surface area (Å²) < 4.78 is 0.601. The minimum atomic E-state index is -0.670. The van der Waals surface area contributed by atoms with Crippen molar-refractivity contribution in [1.29, 1.82) is 0 Å². The lowest BCUT2D eigenvalue weighted by Gasteiger charge is -2.47. The number of para-hydroxylation sites is 1. The number of hydrogen-bond donors (Lipinski definition) is 0. The molecule has 0 saturated carbocycles. The molecule has 0 fully saturated rings. The summed E-state index contributed by atoms with van der Waals surface area (Å²) in [5, 5.41) is 1.23. The Morgan fingerprint density at radius 3 is 1.95 bits per heavy atom. The molecular weight excluding hydrogens is 270 g/mol. The summed E-state index contributed by atoms with van der Waals surface area (Å²) in [6.07, 6.45) is 14.5. The first-order valence-corrected chi connectivity index (χ1v) is 12.2. The third-order valence-electron chi connectivity index (χ3n) is 3.15. The summed E-state index contributed by atoms with van der Waals surface area (Å²) in [6.45, 7) is 0. The zero-order valence-corrected chi connectivity index (χ0v) is 14.4. The molecule has 0 radical (unpaired) electrons. The van der Waals surface area contributed by atoms with Crippen LogP contribution in [0.1, 0.15) is 10.3 Å². The molecule has 1 aromatic carbocycles. The highest BCUT2D eigenvalue weighted by Gasteiger charge is 2.31. The molecule has 0 spiro atoms. The van der Waals surface area contributed by atoms with E-state index in [-0.39, 0.29) is 0 Å². The predicted octanol–water partition coefficient (Wildman–Crippen LogP) is 4.62. The van der Waals surface area contributed by atoms with E-state index >= 15 is 0 Å². The predicted molar refractivity (Wildman–Crippen MR) is 95.2 cm³/mol. The summed E-state index contributed by atoms with van der Waals surface area (Å²) >= 11 is 0. The van der Waals surface area contributed by atoms with Gasteiger partial charge in [-0.1, -0.05) is 24.3 Å². The fourth-order valence-corrected chi connectivity index (χ4v) is 11.4. The Bertz CT molecular complexity index is 565. The molecule has 19 heavy (non-hydrogen) atoms. The lowest BCUT2D eigenvalue weighted by atomic mass is 10.2. The molecule has 0 amide bonds. The normalized spacial score (nSPS) is 14.9. The first-order valence-electron chi connectivity index (χ1n) is 6.39. The topological polar surface area (TPSA) is 12.9 Å². The highest BCUT2D eigenvalue weighted by atomic mass is 32.3. The maximum absolute atomic E-state index is 4.95. The number of aromatic nitrogens is 1. The van der Waals surface area contributed by atoms with Gasteiger partial charge in [0.05, 0.1) is 15.8 Å². The van der Waals surface area contributed by atoms with E-state index in [0.717, 1.165) is 5.52 Å². The zero-order valence-electron chi connectivity index (χ0n) is 12.8. The van der Waals surface area contributed by atoms with Crippen molar-refractivity contribution in [2.75, 3.05) is 37.5 Å². The van der Waals surface area contributed by atoms with Crippen LogP contribution in [0.4, 0.5) is 0 Å². The van der Waals surface area contributed by atoms with E-state index in [0.29, 0.717) is 4.58 Å². The van der Waals surface area contributed by atoms with Crippen LogP contribution in [0.3, 0.4) is 0 Å². The third-order valence-corrected chi connectivity index (χ3v) is 9.66. The highest BCUT2D eigenvalue weighted by molar-refractivity contribution is 8.47. The van der Waals surface area contributed by atoms with Gasteiger partial charge in [-0.25, -0.2) is 20.1 Å². The quantitative estimate of drug-likeness (QED) is 0.805. The van der Waals surface area contributed by atoms with Crippen LogP contribution >= 0.6 is 20.1 Å². The van der Waals surface area contributed by atoms with Crippen LogP contribution in [0.15, 0.2) is 36.4 Å². The van der Waals surface area contributed by atoms with E-state index < -0.39 is 20.1 Å². The first-order chi connectivity index (χ1) is 8.69. The van der Waals surface area contributed by atoms with Crippen molar-refractivity contribution >= 4 is 31.0 Å². The molecule has 3 heteroatoms. The number of rotatable bonds is 3. The van der Waals surface area contributed by atoms with Crippen molar-refractivity contribution in [3.63, 3.8) is 0 Å². The van der Waals surface area contributed by atoms with Crippen LogP contribution < -0.4 is 0 Å². The van der Waals surface area contributed by atoms with Crippen LogP contribution in [-0.2, 0) is 0 Å². The standard InChI is InChI=1S/C16H25NS2/c1-18(2,3)16(19(4,5)6)15-12-11-13-9-7-8-10-14(13)17-15/h7-12,16H,1-6H3. The molecule has 2 rings (SSSR count). The van der Waals surface area contributed by atoms with Gasteiger partial charge in [0.1, 0.15) is 0 Å². The van der Waals surface area contributed by atoms with Crippen molar-refractivity contribution in [3.8, 4) is 0 Å². The molecule has 2 aromatic rings. The van der Waals surface area contributed by atoms with Gasteiger partial charge in [-0.2, -0.15) is 0 Å². The first kappa shape index (κ1) is 14.7. The van der Waals surface area contributed by atoms with Crippen LogP contribution in [-0.4, -0.2) is 42.5 Å². The molecule has 0 N–H and O–H groups in total. The van der Waals surface area contributed by atoms with Crippen LogP contribution in [0, 0.1) is 0 Å². The second-order valence-corrected chi connectivity index (χ2v) is 15.6. The van der Waals surface area contributed by atoms with E-state index in [1.807, 2.05) is 0 Å². The SMILES string of the molecule is CS(C)(C)C(c1ccc2ccccc2n1)S(C)(C)C. The Balaban J connectivity index is 2.57. The zero-order chi connectivity index (χ0) is 14.3. The van der Waals surface area contributed by atoms with Crippen molar-refractivity contribution in [2.24, 2.45) is 0 Å². The van der Waals surface area contributed by atoms with Crippen LogP contribution in [0.2, 0.25) is 0 Å². The fraction of sp³-hybridized carbons (Fsp3) is 0.438. The van der Waals surface area contributed by atoms with Crippen molar-refractivity contribution in [1.82, 2.24) is 4.98 Å². The van der Waals surface area contributed by atoms with E-state index in [2.05, 4.69) is 73.9 Å². The second kappa shape index (κ2) is 5.02. The van der Waals surface area contributed by atoms with Crippen molar-refractivity contribution < 1.29 is 0 Å². The average molecular weight is 296 g/mol. The Kier molecular flexibility index (Phi) is 3.90. The Morgan fingerprint density at radius 1 is 0.789 bits per heavy atom. The fourth-order valence-electron chi connectivity index (χ4n) is 2.80. The number of hydrogen-bond acceptors (Lipinski definition) is 1. The number of benzene rings is 1. The Hall–Kier alpha value is -0.670. The third kappa shape index (κ3) is 3.26. The van der Waals surface area contributed by atoms with E-state index in [1.54, 1.807) is 0 Å². The molecule has 0 aliphatic heterocycles. The Morgan fingerprint density at radius 2 is 1.37 bits per heavy atom. The summed E-state index contributed by atoms with van der Waals surface area (Å²) in [6, 6.07) is 12.9. The van der Waals surface area contributed by atoms with Crippen LogP contribution in [0.25, 0.3) is 10.9 Å². The molecular formula is C16H25NS2.